The molecule has 5 heteroatoms. The van der Waals surface area contributed by atoms with E-state index in [0.29, 0.717) is 11.5 Å². The Bertz CT molecular complexity index is 878. The summed E-state index contributed by atoms with van der Waals surface area (Å²) in [7, 11) is -0.867. The number of hydrogen-bond acceptors (Lipinski definition) is 4. The fourth-order valence-corrected chi connectivity index (χ4v) is 6.37. The molecule has 24 heavy (non-hydrogen) atoms. The number of nitrogens with zero attached hydrogens (tertiary/aromatic N) is 2. The number of likely N-dealkylation sites (N-methyl/N-ethyl adjacent to an activating group) is 1. The number of hydrogen-bond donors (Lipinski definition) is 0. The molecule has 4 nitrogen and oxygen atoms in total. The molecule has 2 heterocycles. The Morgan fingerprint density at radius 1 is 1.00 bits per heavy atom. The van der Waals surface area contributed by atoms with Crippen LogP contribution in [-0.2, 0) is 16.4 Å². The van der Waals surface area contributed by atoms with Crippen molar-refractivity contribution >= 4 is 20.6 Å². The molecule has 0 aromatic heterocycles. The first kappa shape index (κ1) is 16.1. The van der Waals surface area contributed by atoms with E-state index in [9.17, 15) is 8.42 Å². The lowest BCUT2D eigenvalue weighted by atomic mass is 9.99. The van der Waals surface area contributed by atoms with Gasteiger partial charge in [0, 0.05) is 31.7 Å². The SMILES string of the molecule is Cc1cccc2c(CN3CCN(C)[C@@H]4CS(=O)(=O)C[C@@H]43)cccc12. The van der Waals surface area contributed by atoms with Gasteiger partial charge in [-0.15, -0.1) is 0 Å². The average Bonchev–Trinajstić information content (AvgIpc) is 2.88. The molecular formula is C19H24N2O2S. The van der Waals surface area contributed by atoms with E-state index in [1.165, 1.54) is 21.9 Å². The van der Waals surface area contributed by atoms with Crippen molar-refractivity contribution in [3.63, 3.8) is 0 Å². The lowest BCUT2D eigenvalue weighted by molar-refractivity contribution is 0.0576. The molecule has 128 valence electrons. The molecule has 4 rings (SSSR count). The largest absolute Gasteiger partial charge is 0.300 e. The highest BCUT2D eigenvalue weighted by molar-refractivity contribution is 7.91. The van der Waals surface area contributed by atoms with E-state index in [-0.39, 0.29) is 12.1 Å². The van der Waals surface area contributed by atoms with E-state index in [1.54, 1.807) is 0 Å². The van der Waals surface area contributed by atoms with Crippen LogP contribution in [0.3, 0.4) is 0 Å². The Morgan fingerprint density at radius 3 is 2.54 bits per heavy atom. The van der Waals surface area contributed by atoms with Gasteiger partial charge < -0.3 is 0 Å². The molecule has 0 N–H and O–H groups in total. The van der Waals surface area contributed by atoms with Crippen LogP contribution in [0, 0.1) is 6.92 Å². The number of fused-ring (bicyclic) bond motifs is 2. The second-order valence-corrected chi connectivity index (χ2v) is 9.40. The quantitative estimate of drug-likeness (QED) is 0.836. The van der Waals surface area contributed by atoms with Crippen LogP contribution in [0.1, 0.15) is 11.1 Å². The summed E-state index contributed by atoms with van der Waals surface area (Å²) in [5.74, 6) is 0.602. The van der Waals surface area contributed by atoms with Crippen LogP contribution in [0.2, 0.25) is 0 Å². The van der Waals surface area contributed by atoms with E-state index in [2.05, 4.69) is 60.2 Å². The summed E-state index contributed by atoms with van der Waals surface area (Å²) in [5.41, 5.74) is 2.58. The molecule has 0 spiro atoms. The lowest BCUT2D eigenvalue weighted by Gasteiger charge is -2.42. The molecule has 2 atom stereocenters. The predicted molar refractivity (Wildman–Crippen MR) is 98.0 cm³/mol. The van der Waals surface area contributed by atoms with Crippen molar-refractivity contribution in [2.75, 3.05) is 31.6 Å². The Kier molecular flexibility index (Phi) is 3.90. The standard InChI is InChI=1S/C19H24N2O2S/c1-14-5-3-8-17-15(6-4-7-16(14)17)11-21-10-9-20(2)18-12-24(22,23)13-19(18)21/h3-8,18-19H,9-13H2,1-2H3/t18-,19+/m1/s1. The number of rotatable bonds is 2. The summed E-state index contributed by atoms with van der Waals surface area (Å²) in [6.07, 6.45) is 0. The van der Waals surface area contributed by atoms with Gasteiger partial charge in [-0.1, -0.05) is 36.4 Å². The summed E-state index contributed by atoms with van der Waals surface area (Å²) < 4.78 is 24.3. The van der Waals surface area contributed by atoms with Crippen molar-refractivity contribution in [1.82, 2.24) is 9.80 Å². The number of benzene rings is 2. The second kappa shape index (κ2) is 5.83. The third-order valence-electron chi connectivity index (χ3n) is 5.67. The Hall–Kier alpha value is -1.43. The zero-order chi connectivity index (χ0) is 16.9. The first-order valence-electron chi connectivity index (χ1n) is 8.56. The van der Waals surface area contributed by atoms with Gasteiger partial charge in [0.1, 0.15) is 0 Å². The van der Waals surface area contributed by atoms with Crippen molar-refractivity contribution in [2.45, 2.75) is 25.6 Å². The molecule has 2 aliphatic rings. The van der Waals surface area contributed by atoms with Gasteiger partial charge >= 0.3 is 0 Å². The molecule has 2 saturated heterocycles. The van der Waals surface area contributed by atoms with E-state index in [1.807, 2.05) is 0 Å². The van der Waals surface area contributed by atoms with E-state index in [0.717, 1.165) is 19.6 Å². The van der Waals surface area contributed by atoms with Gasteiger partial charge in [-0.05, 0) is 35.9 Å². The van der Waals surface area contributed by atoms with Gasteiger partial charge in [0.15, 0.2) is 9.84 Å². The molecule has 2 aromatic carbocycles. The van der Waals surface area contributed by atoms with Gasteiger partial charge in [0.25, 0.3) is 0 Å². The molecular weight excluding hydrogens is 320 g/mol. The first-order chi connectivity index (χ1) is 11.4. The van der Waals surface area contributed by atoms with Crippen LogP contribution < -0.4 is 0 Å². The van der Waals surface area contributed by atoms with E-state index in [4.69, 9.17) is 0 Å². The summed E-state index contributed by atoms with van der Waals surface area (Å²) in [6.45, 7) is 4.82. The maximum Gasteiger partial charge on any atom is 0.153 e. The highest BCUT2D eigenvalue weighted by Gasteiger charge is 2.45. The summed E-state index contributed by atoms with van der Waals surface area (Å²) in [4.78, 5) is 4.60. The topological polar surface area (TPSA) is 40.6 Å². The molecule has 0 radical (unpaired) electrons. The van der Waals surface area contributed by atoms with Crippen LogP contribution in [0.25, 0.3) is 10.8 Å². The lowest BCUT2D eigenvalue weighted by Crippen LogP contribution is -2.57. The second-order valence-electron chi connectivity index (χ2n) is 7.25. The monoisotopic (exact) mass is 344 g/mol. The zero-order valence-electron chi connectivity index (χ0n) is 14.3. The van der Waals surface area contributed by atoms with Crippen molar-refractivity contribution < 1.29 is 8.42 Å². The van der Waals surface area contributed by atoms with Crippen molar-refractivity contribution in [2.24, 2.45) is 0 Å². The van der Waals surface area contributed by atoms with Gasteiger partial charge in [0.2, 0.25) is 0 Å². The third-order valence-corrected chi connectivity index (χ3v) is 7.37. The Labute approximate surface area is 144 Å². The minimum Gasteiger partial charge on any atom is -0.300 e. The van der Waals surface area contributed by atoms with Gasteiger partial charge in [-0.25, -0.2) is 8.42 Å². The zero-order valence-corrected chi connectivity index (χ0v) is 15.1. The summed E-state index contributed by atoms with van der Waals surface area (Å²) >= 11 is 0. The van der Waals surface area contributed by atoms with E-state index >= 15 is 0 Å². The Balaban J connectivity index is 1.67. The van der Waals surface area contributed by atoms with Crippen molar-refractivity contribution in [3.05, 3.63) is 47.5 Å². The number of sulfone groups is 1. The minimum absolute atomic E-state index is 0.119. The molecule has 0 saturated carbocycles. The third kappa shape index (κ3) is 2.75. The van der Waals surface area contributed by atoms with E-state index < -0.39 is 9.84 Å². The molecule has 0 bridgehead atoms. The van der Waals surface area contributed by atoms with Gasteiger partial charge in [-0.2, -0.15) is 0 Å². The maximum atomic E-state index is 12.1. The van der Waals surface area contributed by atoms with Crippen LogP contribution in [0.5, 0.6) is 0 Å². The van der Waals surface area contributed by atoms with Gasteiger partial charge in [0.05, 0.1) is 11.5 Å². The van der Waals surface area contributed by atoms with Gasteiger partial charge in [-0.3, -0.25) is 9.80 Å². The van der Waals surface area contributed by atoms with Crippen LogP contribution in [0.4, 0.5) is 0 Å². The fourth-order valence-electron chi connectivity index (χ4n) is 4.28. The fraction of sp³-hybridized carbons (Fsp3) is 0.474. The molecule has 0 aliphatic carbocycles. The van der Waals surface area contributed by atoms with Crippen LogP contribution in [-0.4, -0.2) is 61.9 Å². The Morgan fingerprint density at radius 2 is 1.71 bits per heavy atom. The summed E-state index contributed by atoms with van der Waals surface area (Å²) in [5, 5.41) is 2.58. The predicted octanol–water partition coefficient (Wildman–Crippen LogP) is 2.06. The van der Waals surface area contributed by atoms with Crippen LogP contribution >= 0.6 is 0 Å². The number of aryl methyl sites for hydroxylation is 1. The smallest absolute Gasteiger partial charge is 0.153 e. The van der Waals surface area contributed by atoms with Crippen molar-refractivity contribution in [1.29, 1.82) is 0 Å². The highest BCUT2D eigenvalue weighted by atomic mass is 32.2. The first-order valence-corrected chi connectivity index (χ1v) is 10.4. The summed E-state index contributed by atoms with van der Waals surface area (Å²) in [6, 6.07) is 13.1. The van der Waals surface area contributed by atoms with Crippen molar-refractivity contribution in [3.8, 4) is 0 Å². The highest BCUT2D eigenvalue weighted by Crippen LogP contribution is 2.29. The maximum absolute atomic E-state index is 12.1. The average molecular weight is 344 g/mol. The molecule has 2 aliphatic heterocycles. The molecule has 0 unspecified atom stereocenters. The van der Waals surface area contributed by atoms with Crippen LogP contribution in [0.15, 0.2) is 36.4 Å². The molecule has 2 aromatic rings. The normalized spacial score (nSPS) is 27.4. The number of piperazine rings is 1. The molecule has 0 amide bonds. The molecule has 2 fully saturated rings. The minimum atomic E-state index is -2.92.